The van der Waals surface area contributed by atoms with Gasteiger partial charge in [-0.3, -0.25) is 9.59 Å². The van der Waals surface area contributed by atoms with Gasteiger partial charge in [0.2, 0.25) is 5.91 Å². The number of aliphatic carboxylic acids is 1. The Morgan fingerprint density at radius 1 is 1.38 bits per heavy atom. The van der Waals surface area contributed by atoms with Crippen LogP contribution in [0.15, 0.2) is 30.3 Å². The van der Waals surface area contributed by atoms with E-state index in [2.05, 4.69) is 0 Å². The first kappa shape index (κ1) is 16.4. The smallest absolute Gasteiger partial charge is 0.323 e. The molecule has 0 bridgehead atoms. The van der Waals surface area contributed by atoms with Gasteiger partial charge in [0, 0.05) is 11.6 Å². The van der Waals surface area contributed by atoms with Crippen LogP contribution < -0.4 is 0 Å². The van der Waals surface area contributed by atoms with Crippen LogP contribution in [0.2, 0.25) is 0 Å². The number of carboxylic acid groups (broad SMARTS) is 1. The van der Waals surface area contributed by atoms with Crippen LogP contribution in [0, 0.1) is 11.3 Å². The third kappa shape index (κ3) is 5.11. The Balaban J connectivity index is 2.93. The first-order valence-corrected chi connectivity index (χ1v) is 6.45. The number of hydrogen-bond acceptors (Lipinski definition) is 3. The minimum absolute atomic E-state index is 0.356. The normalized spacial score (nSPS) is 11.1. The third-order valence-corrected chi connectivity index (χ3v) is 2.80. The van der Waals surface area contributed by atoms with Crippen molar-refractivity contribution in [3.8, 4) is 6.07 Å². The van der Waals surface area contributed by atoms with Crippen LogP contribution in [0.4, 0.5) is 0 Å². The monoisotopic (exact) mass is 286 g/mol. The highest BCUT2D eigenvalue weighted by Crippen LogP contribution is 2.14. The van der Waals surface area contributed by atoms with Gasteiger partial charge < -0.3 is 10.0 Å². The Kier molecular flexibility index (Phi) is 5.25. The van der Waals surface area contributed by atoms with Crippen LogP contribution >= 0.6 is 0 Å². The summed E-state index contributed by atoms with van der Waals surface area (Å²) in [7, 11) is 0. The zero-order chi connectivity index (χ0) is 16.0. The summed E-state index contributed by atoms with van der Waals surface area (Å²) in [4.78, 5) is 24.3. The van der Waals surface area contributed by atoms with Crippen molar-refractivity contribution in [1.82, 2.24) is 4.90 Å². The molecule has 1 aromatic rings. The van der Waals surface area contributed by atoms with Crippen molar-refractivity contribution >= 4 is 18.0 Å². The van der Waals surface area contributed by atoms with Crippen molar-refractivity contribution < 1.29 is 14.7 Å². The molecular weight excluding hydrogens is 268 g/mol. The molecule has 1 rings (SSSR count). The van der Waals surface area contributed by atoms with E-state index in [1.165, 1.54) is 11.0 Å². The van der Waals surface area contributed by atoms with E-state index in [9.17, 15) is 9.59 Å². The van der Waals surface area contributed by atoms with Crippen molar-refractivity contribution in [2.45, 2.75) is 26.3 Å². The summed E-state index contributed by atoms with van der Waals surface area (Å²) in [6.45, 7) is 4.97. The first-order chi connectivity index (χ1) is 9.74. The average molecular weight is 286 g/mol. The van der Waals surface area contributed by atoms with E-state index < -0.39 is 11.5 Å². The van der Waals surface area contributed by atoms with Crippen LogP contribution in [0.25, 0.3) is 6.08 Å². The van der Waals surface area contributed by atoms with Gasteiger partial charge in [-0.2, -0.15) is 5.26 Å². The van der Waals surface area contributed by atoms with Crippen LogP contribution in [-0.4, -0.2) is 34.0 Å². The fourth-order valence-electron chi connectivity index (χ4n) is 1.75. The topological polar surface area (TPSA) is 81.4 Å². The van der Waals surface area contributed by atoms with Crippen LogP contribution in [0.3, 0.4) is 0 Å². The lowest BCUT2D eigenvalue weighted by molar-refractivity contribution is -0.145. The molecule has 0 unspecified atom stereocenters. The molecule has 0 aliphatic heterocycles. The van der Waals surface area contributed by atoms with Gasteiger partial charge in [-0.15, -0.1) is 0 Å². The molecule has 0 aromatic heterocycles. The van der Waals surface area contributed by atoms with Crippen molar-refractivity contribution in [2.24, 2.45) is 0 Å². The number of carboxylic acids is 1. The molecule has 0 fully saturated rings. The Morgan fingerprint density at radius 2 is 2.05 bits per heavy atom. The first-order valence-electron chi connectivity index (χ1n) is 6.45. The second-order valence-electron chi connectivity index (χ2n) is 5.56. The van der Waals surface area contributed by atoms with E-state index in [1.54, 1.807) is 51.1 Å². The highest BCUT2D eigenvalue weighted by molar-refractivity contribution is 5.94. The molecule has 0 saturated carbocycles. The number of benzene rings is 1. The number of hydrogen-bond donors (Lipinski definition) is 1. The predicted molar refractivity (Wildman–Crippen MR) is 79.3 cm³/mol. The summed E-state index contributed by atoms with van der Waals surface area (Å²) in [5.41, 5.74) is 0.628. The molecule has 1 amide bonds. The average Bonchev–Trinajstić information content (AvgIpc) is 2.41. The van der Waals surface area contributed by atoms with Crippen molar-refractivity contribution in [3.05, 3.63) is 41.5 Å². The SMILES string of the molecule is CC(C)(C)N(CC(=O)O)C(=O)C=Cc1cccc(C#N)c1. The molecule has 1 N–H and O–H groups in total. The summed E-state index contributed by atoms with van der Waals surface area (Å²) in [5, 5.41) is 17.7. The summed E-state index contributed by atoms with van der Waals surface area (Å²) >= 11 is 0. The highest BCUT2D eigenvalue weighted by Gasteiger charge is 2.26. The minimum Gasteiger partial charge on any atom is -0.480 e. The largest absolute Gasteiger partial charge is 0.480 e. The van der Waals surface area contributed by atoms with Gasteiger partial charge in [-0.05, 0) is 44.5 Å². The van der Waals surface area contributed by atoms with Gasteiger partial charge in [0.15, 0.2) is 0 Å². The number of rotatable bonds is 4. The Morgan fingerprint density at radius 3 is 2.57 bits per heavy atom. The van der Waals surface area contributed by atoms with E-state index in [4.69, 9.17) is 10.4 Å². The van der Waals surface area contributed by atoms with E-state index in [1.807, 2.05) is 6.07 Å². The molecule has 0 aliphatic carbocycles. The zero-order valence-corrected chi connectivity index (χ0v) is 12.3. The van der Waals surface area contributed by atoms with Gasteiger partial charge in [0.25, 0.3) is 0 Å². The molecule has 5 nitrogen and oxygen atoms in total. The highest BCUT2D eigenvalue weighted by atomic mass is 16.4. The Bertz CT molecular complexity index is 607. The van der Waals surface area contributed by atoms with E-state index in [-0.39, 0.29) is 12.5 Å². The lowest BCUT2D eigenvalue weighted by Gasteiger charge is -2.33. The van der Waals surface area contributed by atoms with E-state index >= 15 is 0 Å². The maximum absolute atomic E-state index is 12.2. The predicted octanol–water partition coefficient (Wildman–Crippen LogP) is 2.28. The number of carbonyl (C=O) groups excluding carboxylic acids is 1. The maximum Gasteiger partial charge on any atom is 0.323 e. The number of amides is 1. The number of carbonyl (C=O) groups is 2. The molecule has 110 valence electrons. The van der Waals surface area contributed by atoms with Crippen LogP contribution in [-0.2, 0) is 9.59 Å². The van der Waals surface area contributed by atoms with E-state index in [0.29, 0.717) is 11.1 Å². The molecule has 0 heterocycles. The molecule has 0 aliphatic rings. The molecule has 0 radical (unpaired) electrons. The quantitative estimate of drug-likeness (QED) is 0.861. The second kappa shape index (κ2) is 6.71. The molecule has 1 aromatic carbocycles. The van der Waals surface area contributed by atoms with Crippen LogP contribution in [0.5, 0.6) is 0 Å². The van der Waals surface area contributed by atoms with Crippen molar-refractivity contribution in [1.29, 1.82) is 5.26 Å². The van der Waals surface area contributed by atoms with Gasteiger partial charge in [-0.25, -0.2) is 0 Å². The van der Waals surface area contributed by atoms with Gasteiger partial charge >= 0.3 is 5.97 Å². The molecule has 5 heteroatoms. The Hall–Kier alpha value is -2.61. The van der Waals surface area contributed by atoms with Crippen LogP contribution in [0.1, 0.15) is 31.9 Å². The number of nitrogens with zero attached hydrogens (tertiary/aromatic N) is 2. The second-order valence-corrected chi connectivity index (χ2v) is 5.56. The molecule has 21 heavy (non-hydrogen) atoms. The fraction of sp³-hybridized carbons (Fsp3) is 0.312. The summed E-state index contributed by atoms with van der Waals surface area (Å²) in [5.74, 6) is -1.44. The molecule has 0 saturated heterocycles. The molecule has 0 atom stereocenters. The lowest BCUT2D eigenvalue weighted by atomic mass is 10.1. The standard InChI is InChI=1S/C16H18N2O3/c1-16(2,3)18(11-15(20)21)14(19)8-7-12-5-4-6-13(9-12)10-17/h4-9H,11H2,1-3H3,(H,20,21). The third-order valence-electron chi connectivity index (χ3n) is 2.80. The van der Waals surface area contributed by atoms with Crippen molar-refractivity contribution in [3.63, 3.8) is 0 Å². The summed E-state index contributed by atoms with van der Waals surface area (Å²) in [6.07, 6.45) is 2.90. The fourth-order valence-corrected chi connectivity index (χ4v) is 1.75. The zero-order valence-electron chi connectivity index (χ0n) is 12.3. The van der Waals surface area contributed by atoms with Gasteiger partial charge in [0.1, 0.15) is 6.54 Å². The summed E-state index contributed by atoms with van der Waals surface area (Å²) in [6, 6.07) is 8.84. The Labute approximate surface area is 124 Å². The van der Waals surface area contributed by atoms with Gasteiger partial charge in [0.05, 0.1) is 11.6 Å². The van der Waals surface area contributed by atoms with Gasteiger partial charge in [-0.1, -0.05) is 12.1 Å². The van der Waals surface area contributed by atoms with Crippen molar-refractivity contribution in [2.75, 3.05) is 6.54 Å². The molecular formula is C16H18N2O3. The molecule has 0 spiro atoms. The van der Waals surface area contributed by atoms with E-state index in [0.717, 1.165) is 0 Å². The lowest BCUT2D eigenvalue weighted by Crippen LogP contribution is -2.47. The minimum atomic E-state index is -1.06. The summed E-state index contributed by atoms with van der Waals surface area (Å²) < 4.78 is 0. The number of nitriles is 1. The maximum atomic E-state index is 12.2.